The van der Waals surface area contributed by atoms with Gasteiger partial charge in [-0.25, -0.2) is 9.97 Å². The molecule has 5 nitrogen and oxygen atoms in total. The highest BCUT2D eigenvalue weighted by atomic mass is 15.1. The number of hydrogen-bond donors (Lipinski definition) is 0. The Morgan fingerprint density at radius 3 is 1.59 bits per heavy atom. The van der Waals surface area contributed by atoms with E-state index in [1.54, 1.807) is 0 Å². The number of rotatable bonds is 4. The van der Waals surface area contributed by atoms with Crippen molar-refractivity contribution in [1.82, 2.24) is 19.1 Å². The van der Waals surface area contributed by atoms with Crippen LogP contribution in [0, 0.1) is 11.3 Å². The highest BCUT2D eigenvalue weighted by molar-refractivity contribution is 6.10. The summed E-state index contributed by atoms with van der Waals surface area (Å²) in [5.41, 5.74) is 9.02. The Kier molecular flexibility index (Phi) is 5.81. The Morgan fingerprint density at radius 2 is 1.00 bits per heavy atom. The molecule has 46 heavy (non-hydrogen) atoms. The fourth-order valence-corrected chi connectivity index (χ4v) is 6.92. The van der Waals surface area contributed by atoms with E-state index in [2.05, 4.69) is 124 Å². The van der Waals surface area contributed by atoms with E-state index in [4.69, 9.17) is 9.97 Å². The van der Waals surface area contributed by atoms with E-state index < -0.39 is 0 Å². The van der Waals surface area contributed by atoms with Crippen LogP contribution in [0.1, 0.15) is 5.56 Å². The summed E-state index contributed by atoms with van der Waals surface area (Å²) in [4.78, 5) is 10.2. The van der Waals surface area contributed by atoms with Crippen LogP contribution in [0.25, 0.3) is 77.6 Å². The fourth-order valence-electron chi connectivity index (χ4n) is 6.92. The van der Waals surface area contributed by atoms with Crippen LogP contribution in [0.4, 0.5) is 0 Å². The molecule has 0 aliphatic rings. The fraction of sp³-hybridized carbons (Fsp3) is 0. The lowest BCUT2D eigenvalue weighted by Gasteiger charge is -2.16. The maximum atomic E-state index is 10.4. The van der Waals surface area contributed by atoms with Crippen molar-refractivity contribution in [3.8, 4) is 40.1 Å². The minimum absolute atomic E-state index is 0.567. The molecule has 0 bridgehead atoms. The average Bonchev–Trinajstić information content (AvgIpc) is 3.64. The van der Waals surface area contributed by atoms with E-state index >= 15 is 0 Å². The van der Waals surface area contributed by atoms with Gasteiger partial charge in [-0.1, -0.05) is 84.9 Å². The Bertz CT molecular complexity index is 2560. The molecule has 5 aromatic carbocycles. The first kappa shape index (κ1) is 25.9. The van der Waals surface area contributed by atoms with E-state index in [0.29, 0.717) is 5.56 Å². The van der Waals surface area contributed by atoms with Gasteiger partial charge >= 0.3 is 0 Å². The third-order valence-electron chi connectivity index (χ3n) is 8.84. The lowest BCUT2D eigenvalue weighted by molar-refractivity contribution is 1.08. The van der Waals surface area contributed by atoms with E-state index in [9.17, 15) is 5.26 Å². The van der Waals surface area contributed by atoms with E-state index in [1.165, 1.54) is 21.5 Å². The van der Waals surface area contributed by atoms with Gasteiger partial charge in [-0.3, -0.25) is 4.57 Å². The zero-order chi connectivity index (χ0) is 30.6. The van der Waals surface area contributed by atoms with Crippen LogP contribution in [0.2, 0.25) is 0 Å². The lowest BCUT2D eigenvalue weighted by atomic mass is 10.0. The molecule has 0 saturated heterocycles. The second-order valence-corrected chi connectivity index (χ2v) is 11.3. The molecule has 214 valence electrons. The average molecular weight is 588 g/mol. The molecular formula is C41H25N5. The summed E-state index contributed by atoms with van der Waals surface area (Å²) in [5, 5.41) is 15.1. The van der Waals surface area contributed by atoms with Crippen LogP contribution in [-0.2, 0) is 0 Å². The monoisotopic (exact) mass is 587 g/mol. The maximum Gasteiger partial charge on any atom is 0.147 e. The summed E-state index contributed by atoms with van der Waals surface area (Å²) in [6.07, 6.45) is 1.83. The second-order valence-electron chi connectivity index (χ2n) is 11.3. The number of aromatic nitrogens is 4. The number of nitriles is 1. The SMILES string of the molecule is N#Cc1cccc(-n2c3ccccc3c3ccccc32)c1-c1cccc(-c2cccnc2-n2c3ccccc3c3ccccc32)n1. The van der Waals surface area contributed by atoms with E-state index in [-0.39, 0.29) is 0 Å². The van der Waals surface area contributed by atoms with Crippen molar-refractivity contribution in [2.75, 3.05) is 0 Å². The molecule has 0 amide bonds. The third-order valence-corrected chi connectivity index (χ3v) is 8.84. The lowest BCUT2D eigenvalue weighted by Crippen LogP contribution is -2.03. The van der Waals surface area contributed by atoms with Gasteiger partial charge in [0.15, 0.2) is 0 Å². The van der Waals surface area contributed by atoms with Gasteiger partial charge in [0.1, 0.15) is 5.82 Å². The predicted octanol–water partition coefficient (Wildman–Crippen LogP) is 9.88. The molecule has 0 aliphatic carbocycles. The maximum absolute atomic E-state index is 10.4. The molecule has 5 heteroatoms. The van der Waals surface area contributed by atoms with E-state index in [1.807, 2.05) is 42.6 Å². The Hall–Kier alpha value is -6.51. The number of pyridine rings is 2. The van der Waals surface area contributed by atoms with Crippen molar-refractivity contribution >= 4 is 43.6 Å². The Morgan fingerprint density at radius 1 is 0.478 bits per heavy atom. The topological polar surface area (TPSA) is 59.4 Å². The molecule has 0 radical (unpaired) electrons. The van der Waals surface area contributed by atoms with Gasteiger partial charge in [-0.15, -0.1) is 0 Å². The molecule has 9 aromatic rings. The van der Waals surface area contributed by atoms with Gasteiger partial charge in [-0.05, 0) is 60.7 Å². The van der Waals surface area contributed by atoms with Crippen LogP contribution in [0.3, 0.4) is 0 Å². The van der Waals surface area contributed by atoms with Gasteiger partial charge < -0.3 is 4.57 Å². The zero-order valence-electron chi connectivity index (χ0n) is 24.7. The van der Waals surface area contributed by atoms with Gasteiger partial charge in [-0.2, -0.15) is 5.26 Å². The van der Waals surface area contributed by atoms with Crippen molar-refractivity contribution < 1.29 is 0 Å². The van der Waals surface area contributed by atoms with Crippen LogP contribution >= 0.6 is 0 Å². The molecular weight excluding hydrogens is 562 g/mol. The van der Waals surface area contributed by atoms with Gasteiger partial charge in [0.05, 0.1) is 50.8 Å². The molecule has 4 aromatic heterocycles. The molecule has 0 fully saturated rings. The number of nitrogens with zero attached hydrogens (tertiary/aromatic N) is 5. The highest BCUT2D eigenvalue weighted by Gasteiger charge is 2.21. The van der Waals surface area contributed by atoms with Crippen molar-refractivity contribution in [1.29, 1.82) is 5.26 Å². The summed E-state index contributed by atoms with van der Waals surface area (Å²) in [7, 11) is 0. The van der Waals surface area contributed by atoms with Crippen molar-refractivity contribution in [2.24, 2.45) is 0 Å². The standard InChI is InChI=1S/C41H25N5/c42-26-27-12-9-24-39(45-35-20-5-1-13-28(35)29-14-2-6-21-36(29)45)40(27)34-19-10-18-33(44-34)32-17-11-25-43-41(32)46-37-22-7-3-15-30(37)31-16-4-8-23-38(31)46/h1-25H. The first-order chi connectivity index (χ1) is 22.8. The molecule has 0 saturated carbocycles. The first-order valence-corrected chi connectivity index (χ1v) is 15.2. The van der Waals surface area contributed by atoms with Crippen molar-refractivity contribution in [3.63, 3.8) is 0 Å². The normalized spacial score (nSPS) is 11.5. The molecule has 9 rings (SSSR count). The quantitative estimate of drug-likeness (QED) is 0.206. The van der Waals surface area contributed by atoms with Crippen LogP contribution in [-0.4, -0.2) is 19.1 Å². The van der Waals surface area contributed by atoms with Crippen LogP contribution in [0.15, 0.2) is 152 Å². The Labute approximate surface area is 264 Å². The molecule has 4 heterocycles. The van der Waals surface area contributed by atoms with Crippen LogP contribution in [0.5, 0.6) is 0 Å². The van der Waals surface area contributed by atoms with Crippen molar-refractivity contribution in [2.45, 2.75) is 0 Å². The Balaban J connectivity index is 1.29. The first-order valence-electron chi connectivity index (χ1n) is 15.2. The van der Waals surface area contributed by atoms with E-state index in [0.717, 1.165) is 56.1 Å². The van der Waals surface area contributed by atoms with Crippen molar-refractivity contribution in [3.05, 3.63) is 157 Å². The van der Waals surface area contributed by atoms with Gasteiger partial charge in [0, 0.05) is 38.9 Å². The smallest absolute Gasteiger partial charge is 0.147 e. The summed E-state index contributed by atoms with van der Waals surface area (Å²) in [6.45, 7) is 0. The minimum atomic E-state index is 0.567. The number of benzene rings is 5. The predicted molar refractivity (Wildman–Crippen MR) is 186 cm³/mol. The molecule has 0 spiro atoms. The number of para-hydroxylation sites is 4. The van der Waals surface area contributed by atoms with Crippen LogP contribution < -0.4 is 0 Å². The highest BCUT2D eigenvalue weighted by Crippen LogP contribution is 2.39. The summed E-state index contributed by atoms with van der Waals surface area (Å²) in [5.74, 6) is 0.806. The van der Waals surface area contributed by atoms with Gasteiger partial charge in [0.2, 0.25) is 0 Å². The minimum Gasteiger partial charge on any atom is -0.309 e. The largest absolute Gasteiger partial charge is 0.309 e. The molecule has 0 N–H and O–H groups in total. The third kappa shape index (κ3) is 3.81. The summed E-state index contributed by atoms with van der Waals surface area (Å²) in [6, 6.07) is 52.1. The zero-order valence-corrected chi connectivity index (χ0v) is 24.7. The number of hydrogen-bond acceptors (Lipinski definition) is 3. The van der Waals surface area contributed by atoms with Gasteiger partial charge in [0.25, 0.3) is 0 Å². The molecule has 0 unspecified atom stereocenters. The number of fused-ring (bicyclic) bond motifs is 6. The molecule has 0 atom stereocenters. The summed E-state index contributed by atoms with van der Waals surface area (Å²) >= 11 is 0. The summed E-state index contributed by atoms with van der Waals surface area (Å²) < 4.78 is 4.48. The second kappa shape index (κ2) is 10.3. The molecule has 0 aliphatic heterocycles.